The smallest absolute Gasteiger partial charge is 0.175 e. The van der Waals surface area contributed by atoms with Gasteiger partial charge < -0.3 is 10.1 Å². The number of ether oxygens (including phenoxy) is 1. The standard InChI is InChI=1S/C16H22N6O/c1-12-6-7-22(20-12)16-5-4-15(18-19-16)17-10-14-11-21(8-9-23-14)13-2-3-13/h4-7,13-14H,2-3,8-11H2,1H3,(H,17,18). The maximum atomic E-state index is 5.84. The van der Waals surface area contributed by atoms with Crippen LogP contribution in [0.2, 0.25) is 0 Å². The zero-order chi connectivity index (χ0) is 15.6. The average Bonchev–Trinajstić information content (AvgIpc) is 3.35. The molecule has 7 heteroatoms. The number of nitrogens with one attached hydrogen (secondary N) is 1. The fraction of sp³-hybridized carbons (Fsp3) is 0.562. The molecule has 1 saturated heterocycles. The highest BCUT2D eigenvalue weighted by molar-refractivity contribution is 5.36. The monoisotopic (exact) mass is 314 g/mol. The van der Waals surface area contributed by atoms with E-state index in [0.29, 0.717) is 0 Å². The van der Waals surface area contributed by atoms with E-state index in [2.05, 4.69) is 25.5 Å². The Bertz CT molecular complexity index is 651. The van der Waals surface area contributed by atoms with Crippen molar-refractivity contribution < 1.29 is 4.74 Å². The van der Waals surface area contributed by atoms with E-state index in [1.165, 1.54) is 12.8 Å². The lowest BCUT2D eigenvalue weighted by Crippen LogP contribution is -2.46. The minimum Gasteiger partial charge on any atom is -0.374 e. The lowest BCUT2D eigenvalue weighted by atomic mass is 10.2. The number of hydrogen-bond donors (Lipinski definition) is 1. The van der Waals surface area contributed by atoms with Crippen molar-refractivity contribution in [1.82, 2.24) is 24.9 Å². The summed E-state index contributed by atoms with van der Waals surface area (Å²) in [6.07, 6.45) is 4.80. The summed E-state index contributed by atoms with van der Waals surface area (Å²) in [4.78, 5) is 2.55. The van der Waals surface area contributed by atoms with E-state index in [1.807, 2.05) is 31.3 Å². The summed E-state index contributed by atoms with van der Waals surface area (Å²) < 4.78 is 7.56. The van der Waals surface area contributed by atoms with Crippen LogP contribution in [0.15, 0.2) is 24.4 Å². The minimum absolute atomic E-state index is 0.222. The summed E-state index contributed by atoms with van der Waals surface area (Å²) in [7, 11) is 0. The van der Waals surface area contributed by atoms with Crippen molar-refractivity contribution in [3.05, 3.63) is 30.1 Å². The quantitative estimate of drug-likeness (QED) is 0.896. The van der Waals surface area contributed by atoms with Crippen molar-refractivity contribution in [3.8, 4) is 5.82 Å². The highest BCUT2D eigenvalue weighted by Crippen LogP contribution is 2.28. The molecule has 4 rings (SSSR count). The van der Waals surface area contributed by atoms with Gasteiger partial charge in [-0.3, -0.25) is 4.90 Å². The van der Waals surface area contributed by atoms with Crippen molar-refractivity contribution in [2.45, 2.75) is 31.9 Å². The molecule has 2 aromatic rings. The van der Waals surface area contributed by atoms with Gasteiger partial charge in [-0.15, -0.1) is 10.2 Å². The molecule has 1 aliphatic heterocycles. The first-order valence-electron chi connectivity index (χ1n) is 8.24. The molecule has 1 atom stereocenters. The number of aromatic nitrogens is 4. The summed E-state index contributed by atoms with van der Waals surface area (Å²) in [5.74, 6) is 1.49. The number of hydrogen-bond acceptors (Lipinski definition) is 6. The SMILES string of the molecule is Cc1ccn(-c2ccc(NCC3CN(C4CC4)CCO3)nn2)n1. The zero-order valence-corrected chi connectivity index (χ0v) is 13.4. The van der Waals surface area contributed by atoms with Crippen LogP contribution in [-0.2, 0) is 4.74 Å². The summed E-state index contributed by atoms with van der Waals surface area (Å²) in [5, 5.41) is 16.1. The summed E-state index contributed by atoms with van der Waals surface area (Å²) in [5.41, 5.74) is 0.962. The highest BCUT2D eigenvalue weighted by atomic mass is 16.5. The van der Waals surface area contributed by atoms with Gasteiger partial charge in [-0.1, -0.05) is 0 Å². The third kappa shape index (κ3) is 3.51. The van der Waals surface area contributed by atoms with E-state index in [0.717, 1.165) is 49.6 Å². The maximum absolute atomic E-state index is 5.84. The Morgan fingerprint density at radius 3 is 2.87 bits per heavy atom. The Labute approximate surface area is 135 Å². The van der Waals surface area contributed by atoms with E-state index in [9.17, 15) is 0 Å². The van der Waals surface area contributed by atoms with Crippen LogP contribution in [0, 0.1) is 6.92 Å². The van der Waals surface area contributed by atoms with Gasteiger partial charge >= 0.3 is 0 Å². The first kappa shape index (κ1) is 14.6. The van der Waals surface area contributed by atoms with Crippen molar-refractivity contribution in [2.75, 3.05) is 31.6 Å². The highest BCUT2D eigenvalue weighted by Gasteiger charge is 2.32. The van der Waals surface area contributed by atoms with Gasteiger partial charge in [-0.2, -0.15) is 5.10 Å². The number of aryl methyl sites for hydroxylation is 1. The van der Waals surface area contributed by atoms with Gasteiger partial charge in [0.1, 0.15) is 5.82 Å². The first-order valence-corrected chi connectivity index (χ1v) is 8.24. The second-order valence-corrected chi connectivity index (χ2v) is 6.28. The minimum atomic E-state index is 0.222. The number of rotatable bonds is 5. The summed E-state index contributed by atoms with van der Waals surface area (Å²) >= 11 is 0. The normalized spacial score (nSPS) is 22.2. The molecular weight excluding hydrogens is 292 g/mol. The largest absolute Gasteiger partial charge is 0.374 e. The molecule has 0 spiro atoms. The Morgan fingerprint density at radius 1 is 1.26 bits per heavy atom. The van der Waals surface area contributed by atoms with Gasteiger partial charge in [0, 0.05) is 31.9 Å². The van der Waals surface area contributed by atoms with Crippen molar-refractivity contribution >= 4 is 5.82 Å². The van der Waals surface area contributed by atoms with Crippen LogP contribution in [0.4, 0.5) is 5.82 Å². The van der Waals surface area contributed by atoms with E-state index >= 15 is 0 Å². The molecule has 0 bridgehead atoms. The van der Waals surface area contributed by atoms with Gasteiger partial charge in [0.2, 0.25) is 0 Å². The lowest BCUT2D eigenvalue weighted by Gasteiger charge is -2.33. The number of nitrogens with zero attached hydrogens (tertiary/aromatic N) is 5. The molecule has 1 N–H and O–H groups in total. The van der Waals surface area contributed by atoms with Crippen LogP contribution in [0.25, 0.3) is 5.82 Å². The van der Waals surface area contributed by atoms with Gasteiger partial charge in [-0.25, -0.2) is 4.68 Å². The molecule has 2 fully saturated rings. The fourth-order valence-corrected chi connectivity index (χ4v) is 2.94. The Morgan fingerprint density at radius 2 is 2.17 bits per heavy atom. The van der Waals surface area contributed by atoms with Crippen LogP contribution in [0.5, 0.6) is 0 Å². The topological polar surface area (TPSA) is 68.1 Å². The predicted molar refractivity (Wildman–Crippen MR) is 86.7 cm³/mol. The second kappa shape index (κ2) is 6.25. The van der Waals surface area contributed by atoms with Crippen LogP contribution in [-0.4, -0.2) is 63.3 Å². The third-order valence-corrected chi connectivity index (χ3v) is 4.35. The van der Waals surface area contributed by atoms with E-state index in [1.54, 1.807) is 4.68 Å². The molecule has 7 nitrogen and oxygen atoms in total. The third-order valence-electron chi connectivity index (χ3n) is 4.35. The predicted octanol–water partition coefficient (Wildman–Crippen LogP) is 1.25. The first-order chi connectivity index (χ1) is 11.3. The van der Waals surface area contributed by atoms with Crippen LogP contribution in [0.3, 0.4) is 0 Å². The van der Waals surface area contributed by atoms with Crippen molar-refractivity contribution in [3.63, 3.8) is 0 Å². The maximum Gasteiger partial charge on any atom is 0.175 e. The van der Waals surface area contributed by atoms with E-state index in [4.69, 9.17) is 4.74 Å². The molecule has 0 aromatic carbocycles. The number of anilines is 1. The molecular formula is C16H22N6O. The van der Waals surface area contributed by atoms with Gasteiger partial charge in [-0.05, 0) is 38.0 Å². The summed E-state index contributed by atoms with van der Waals surface area (Å²) in [6, 6.07) is 6.60. The van der Waals surface area contributed by atoms with Gasteiger partial charge in [0.25, 0.3) is 0 Å². The molecule has 1 aliphatic carbocycles. The lowest BCUT2D eigenvalue weighted by molar-refractivity contribution is -0.0241. The van der Waals surface area contributed by atoms with Gasteiger partial charge in [0.05, 0.1) is 18.4 Å². The van der Waals surface area contributed by atoms with Crippen molar-refractivity contribution in [1.29, 1.82) is 0 Å². The molecule has 0 amide bonds. The molecule has 0 radical (unpaired) electrons. The van der Waals surface area contributed by atoms with E-state index in [-0.39, 0.29) is 6.10 Å². The van der Waals surface area contributed by atoms with E-state index < -0.39 is 0 Å². The summed E-state index contributed by atoms with van der Waals surface area (Å²) in [6.45, 7) is 5.62. The van der Waals surface area contributed by atoms with Gasteiger partial charge in [0.15, 0.2) is 5.82 Å². The fourth-order valence-electron chi connectivity index (χ4n) is 2.94. The van der Waals surface area contributed by atoms with Crippen LogP contribution >= 0.6 is 0 Å². The zero-order valence-electron chi connectivity index (χ0n) is 13.4. The molecule has 1 saturated carbocycles. The molecule has 23 heavy (non-hydrogen) atoms. The Balaban J connectivity index is 1.32. The Hall–Kier alpha value is -1.99. The van der Waals surface area contributed by atoms with Crippen LogP contribution in [0.1, 0.15) is 18.5 Å². The van der Waals surface area contributed by atoms with Crippen LogP contribution < -0.4 is 5.32 Å². The Kier molecular flexibility index (Phi) is 3.97. The second-order valence-electron chi connectivity index (χ2n) is 6.28. The van der Waals surface area contributed by atoms with Crippen molar-refractivity contribution in [2.24, 2.45) is 0 Å². The average molecular weight is 314 g/mol. The molecule has 2 aromatic heterocycles. The molecule has 122 valence electrons. The molecule has 3 heterocycles. The molecule has 1 unspecified atom stereocenters. The number of morpholine rings is 1. The molecule has 2 aliphatic rings.